The van der Waals surface area contributed by atoms with Gasteiger partial charge in [-0.15, -0.1) is 0 Å². The van der Waals surface area contributed by atoms with E-state index in [1.54, 1.807) is 6.92 Å². The maximum atomic E-state index is 12.0. The zero-order valence-electron chi connectivity index (χ0n) is 13.5. The maximum absolute atomic E-state index is 12.0. The molecule has 2 fully saturated rings. The average molecular weight is 322 g/mol. The van der Waals surface area contributed by atoms with Crippen molar-refractivity contribution in [2.24, 2.45) is 17.8 Å². The molecule has 6 nitrogen and oxygen atoms in total. The quantitative estimate of drug-likeness (QED) is 0.420. The molecule has 2 N–H and O–H groups in total. The van der Waals surface area contributed by atoms with Crippen molar-refractivity contribution in [1.29, 1.82) is 0 Å². The lowest BCUT2D eigenvalue weighted by Gasteiger charge is -2.38. The van der Waals surface area contributed by atoms with E-state index in [1.807, 2.05) is 13.0 Å². The summed E-state index contributed by atoms with van der Waals surface area (Å²) in [6.45, 7) is 8.46. The Morgan fingerprint density at radius 3 is 2.74 bits per heavy atom. The molecule has 6 heteroatoms. The first kappa shape index (κ1) is 16.2. The molecule has 1 saturated heterocycles. The van der Waals surface area contributed by atoms with Gasteiger partial charge in [0.2, 0.25) is 0 Å². The van der Waals surface area contributed by atoms with E-state index >= 15 is 0 Å². The highest BCUT2D eigenvalue weighted by Crippen LogP contribution is 2.52. The summed E-state index contributed by atoms with van der Waals surface area (Å²) >= 11 is 0. The highest BCUT2D eigenvalue weighted by Gasteiger charge is 2.62. The lowest BCUT2D eigenvalue weighted by atomic mass is 9.76. The van der Waals surface area contributed by atoms with Gasteiger partial charge in [0, 0.05) is 24.3 Å². The number of ether oxygens (including phenoxy) is 2. The third kappa shape index (κ3) is 2.23. The normalized spacial score (nSPS) is 45.7. The van der Waals surface area contributed by atoms with Gasteiger partial charge in [-0.05, 0) is 20.3 Å². The standard InChI is InChI=1S/C17H22O6/c1-7-5-6-10-11(7)13-12(8(2)16(20)23-13)14(22-9(3)18)15(19)17(10,4)21/h5,10-15,19,21H,2,6H2,1,3-4H3/t10-,11+,12?,13-,14-,15-,17+/m1/s1. The van der Waals surface area contributed by atoms with E-state index in [4.69, 9.17) is 9.47 Å². The minimum absolute atomic E-state index is 0.177. The van der Waals surface area contributed by atoms with E-state index in [1.165, 1.54) is 6.92 Å². The van der Waals surface area contributed by atoms with Crippen LogP contribution >= 0.6 is 0 Å². The van der Waals surface area contributed by atoms with Crippen LogP contribution in [0.4, 0.5) is 0 Å². The highest BCUT2D eigenvalue weighted by atomic mass is 16.6. The van der Waals surface area contributed by atoms with Crippen molar-refractivity contribution in [3.8, 4) is 0 Å². The lowest BCUT2D eigenvalue weighted by Crippen LogP contribution is -2.53. The molecular formula is C17H22O6. The fraction of sp³-hybridized carbons (Fsp3) is 0.647. The Kier molecular flexibility index (Phi) is 3.65. The summed E-state index contributed by atoms with van der Waals surface area (Å²) in [7, 11) is 0. The van der Waals surface area contributed by atoms with Crippen LogP contribution in [0.3, 0.4) is 0 Å². The number of fused-ring (bicyclic) bond motifs is 3. The van der Waals surface area contributed by atoms with Crippen LogP contribution in [0.1, 0.15) is 27.2 Å². The predicted molar refractivity (Wildman–Crippen MR) is 80.0 cm³/mol. The number of carbonyl (C=O) groups excluding carboxylic acids is 2. The predicted octanol–water partition coefficient (Wildman–Crippen LogP) is 0.724. The number of carbonyl (C=O) groups is 2. The van der Waals surface area contributed by atoms with Crippen LogP contribution < -0.4 is 0 Å². The van der Waals surface area contributed by atoms with E-state index in [0.29, 0.717) is 6.42 Å². The smallest absolute Gasteiger partial charge is 0.334 e. The number of esters is 2. The van der Waals surface area contributed by atoms with Gasteiger partial charge in [0.15, 0.2) is 0 Å². The molecule has 23 heavy (non-hydrogen) atoms. The average Bonchev–Trinajstić information content (AvgIpc) is 2.95. The number of allylic oxidation sites excluding steroid dienone is 1. The number of aliphatic hydroxyl groups is 2. The van der Waals surface area contributed by atoms with Crippen molar-refractivity contribution in [1.82, 2.24) is 0 Å². The Labute approximate surface area is 134 Å². The van der Waals surface area contributed by atoms with E-state index < -0.39 is 41.8 Å². The van der Waals surface area contributed by atoms with Gasteiger partial charge in [-0.25, -0.2) is 4.79 Å². The summed E-state index contributed by atoms with van der Waals surface area (Å²) in [5, 5.41) is 21.7. The second-order valence-electron chi connectivity index (χ2n) is 6.98. The van der Waals surface area contributed by atoms with Gasteiger partial charge in [-0.2, -0.15) is 0 Å². The molecule has 2 aliphatic carbocycles. The summed E-state index contributed by atoms with van der Waals surface area (Å²) in [5.41, 5.74) is -0.296. The number of hydrogen-bond acceptors (Lipinski definition) is 6. The molecule has 0 spiro atoms. The van der Waals surface area contributed by atoms with Crippen LogP contribution in [0, 0.1) is 17.8 Å². The molecule has 1 unspecified atom stereocenters. The summed E-state index contributed by atoms with van der Waals surface area (Å²) in [4.78, 5) is 23.5. The zero-order chi connectivity index (χ0) is 17.1. The minimum atomic E-state index is -1.48. The SMILES string of the molecule is C=C1C(=O)O[C@H]2C1[C@@H](OC(C)=O)[C@@H](O)[C@@](C)(O)[C@@H]1CC=C(C)[C@@H]12. The molecule has 1 saturated carbocycles. The van der Waals surface area contributed by atoms with Crippen molar-refractivity contribution in [3.05, 3.63) is 23.8 Å². The lowest BCUT2D eigenvalue weighted by molar-refractivity contribution is -0.176. The second kappa shape index (κ2) is 5.18. The Balaban J connectivity index is 2.12. The third-order valence-corrected chi connectivity index (χ3v) is 5.59. The molecule has 0 bridgehead atoms. The largest absolute Gasteiger partial charge is 0.459 e. The molecule has 0 aromatic rings. The van der Waals surface area contributed by atoms with E-state index in [2.05, 4.69) is 6.58 Å². The highest BCUT2D eigenvalue weighted by molar-refractivity contribution is 5.91. The van der Waals surface area contributed by atoms with Crippen LogP contribution in [0.25, 0.3) is 0 Å². The van der Waals surface area contributed by atoms with Crippen LogP contribution in [0.5, 0.6) is 0 Å². The molecule has 7 atom stereocenters. The van der Waals surface area contributed by atoms with E-state index in [-0.39, 0.29) is 17.4 Å². The van der Waals surface area contributed by atoms with Gasteiger partial charge in [-0.3, -0.25) is 4.79 Å². The van der Waals surface area contributed by atoms with E-state index in [0.717, 1.165) is 5.57 Å². The summed E-state index contributed by atoms with van der Waals surface area (Å²) in [6, 6.07) is 0. The Morgan fingerprint density at radius 1 is 1.48 bits per heavy atom. The van der Waals surface area contributed by atoms with Gasteiger partial charge in [-0.1, -0.05) is 18.2 Å². The maximum Gasteiger partial charge on any atom is 0.334 e. The van der Waals surface area contributed by atoms with Gasteiger partial charge >= 0.3 is 11.9 Å². The molecule has 3 rings (SSSR count). The fourth-order valence-corrected chi connectivity index (χ4v) is 4.37. The Morgan fingerprint density at radius 2 is 2.13 bits per heavy atom. The van der Waals surface area contributed by atoms with Crippen molar-refractivity contribution in [3.63, 3.8) is 0 Å². The first-order valence-electron chi connectivity index (χ1n) is 7.80. The van der Waals surface area contributed by atoms with Crippen LogP contribution in [-0.2, 0) is 19.1 Å². The summed E-state index contributed by atoms with van der Waals surface area (Å²) in [6.07, 6.45) is -0.425. The molecule has 126 valence electrons. The van der Waals surface area contributed by atoms with E-state index in [9.17, 15) is 19.8 Å². The van der Waals surface area contributed by atoms with Crippen molar-refractivity contribution in [2.45, 2.75) is 51.1 Å². The first-order chi connectivity index (χ1) is 10.7. The molecule has 1 aliphatic heterocycles. The van der Waals surface area contributed by atoms with Crippen LogP contribution in [-0.4, -0.2) is 46.1 Å². The monoisotopic (exact) mass is 322 g/mol. The number of aliphatic hydroxyl groups excluding tert-OH is 1. The number of rotatable bonds is 1. The first-order valence-corrected chi connectivity index (χ1v) is 7.80. The Bertz CT molecular complexity index is 604. The fourth-order valence-electron chi connectivity index (χ4n) is 4.37. The van der Waals surface area contributed by atoms with Crippen molar-refractivity contribution in [2.75, 3.05) is 0 Å². The second-order valence-corrected chi connectivity index (χ2v) is 6.98. The molecule has 0 amide bonds. The topological polar surface area (TPSA) is 93.1 Å². The molecule has 0 radical (unpaired) electrons. The van der Waals surface area contributed by atoms with Gasteiger partial charge in [0.1, 0.15) is 18.3 Å². The van der Waals surface area contributed by atoms with Crippen LogP contribution in [0.2, 0.25) is 0 Å². The summed E-state index contributed by atoms with van der Waals surface area (Å²) in [5.74, 6) is -2.33. The minimum Gasteiger partial charge on any atom is -0.459 e. The number of hydrogen-bond donors (Lipinski definition) is 2. The zero-order valence-corrected chi connectivity index (χ0v) is 13.5. The molecule has 0 aromatic carbocycles. The molecule has 1 heterocycles. The van der Waals surface area contributed by atoms with Crippen molar-refractivity contribution < 1.29 is 29.3 Å². The Hall–Kier alpha value is -1.66. The van der Waals surface area contributed by atoms with Gasteiger partial charge < -0.3 is 19.7 Å². The van der Waals surface area contributed by atoms with Gasteiger partial charge in [0.05, 0.1) is 11.5 Å². The van der Waals surface area contributed by atoms with Gasteiger partial charge in [0.25, 0.3) is 0 Å². The molecule has 0 aromatic heterocycles. The molecular weight excluding hydrogens is 300 g/mol. The third-order valence-electron chi connectivity index (χ3n) is 5.59. The van der Waals surface area contributed by atoms with Crippen LogP contribution in [0.15, 0.2) is 23.8 Å². The molecule has 3 aliphatic rings. The van der Waals surface area contributed by atoms with Crippen molar-refractivity contribution >= 4 is 11.9 Å². The summed E-state index contributed by atoms with van der Waals surface area (Å²) < 4.78 is 10.8.